The Morgan fingerprint density at radius 3 is 2.20 bits per heavy atom. The van der Waals surface area contributed by atoms with Crippen LogP contribution in [0.15, 0.2) is 35.4 Å². The molecule has 1 aromatic rings. The molecule has 0 radical (unpaired) electrons. The summed E-state index contributed by atoms with van der Waals surface area (Å²) in [6, 6.07) is 8.80. The van der Waals surface area contributed by atoms with E-state index in [2.05, 4.69) is 5.10 Å². The fourth-order valence-corrected chi connectivity index (χ4v) is 4.13. The first-order chi connectivity index (χ1) is 14.6. The lowest BCUT2D eigenvalue weighted by atomic mass is 9.84. The molecule has 160 valence electrons. The minimum absolute atomic E-state index is 0.0716. The van der Waals surface area contributed by atoms with Gasteiger partial charge in [-0.15, -0.1) is 0 Å². The first-order valence-electron chi connectivity index (χ1n) is 10.7. The van der Waals surface area contributed by atoms with Gasteiger partial charge in [-0.2, -0.15) is 5.10 Å². The minimum Gasteiger partial charge on any atom is -0.461 e. The van der Waals surface area contributed by atoms with Crippen molar-refractivity contribution in [2.45, 2.75) is 38.6 Å². The monoisotopic (exact) mass is 412 g/mol. The molecule has 1 aromatic carbocycles. The molecule has 2 aliphatic heterocycles. The number of ether oxygens (including phenoxy) is 1. The number of rotatable bonds is 5. The van der Waals surface area contributed by atoms with Crippen LogP contribution in [0.3, 0.4) is 0 Å². The molecule has 1 saturated carbocycles. The van der Waals surface area contributed by atoms with Crippen molar-refractivity contribution in [3.05, 3.63) is 30.3 Å². The van der Waals surface area contributed by atoms with Crippen molar-refractivity contribution < 1.29 is 19.1 Å². The smallest absolute Gasteiger partial charge is 0.354 e. The van der Waals surface area contributed by atoms with Crippen LogP contribution in [0, 0.1) is 5.92 Å². The van der Waals surface area contributed by atoms with Gasteiger partial charge in [0.25, 0.3) is 0 Å². The van der Waals surface area contributed by atoms with Crippen LogP contribution < -0.4 is 5.01 Å². The van der Waals surface area contributed by atoms with E-state index in [1.165, 1.54) is 0 Å². The summed E-state index contributed by atoms with van der Waals surface area (Å²) in [6.07, 6.45) is 3.32. The number of esters is 1. The lowest BCUT2D eigenvalue weighted by molar-refractivity contribution is -0.144. The Labute approximate surface area is 176 Å². The molecule has 30 heavy (non-hydrogen) atoms. The SMILES string of the molecule is CCOC(=O)C1=NN(c2ccccc2)C(C(=O)N2CCN(C(=O)C3CCC3)CC2)C1. The average molecular weight is 412 g/mol. The van der Waals surface area contributed by atoms with Crippen LogP contribution >= 0.6 is 0 Å². The van der Waals surface area contributed by atoms with Crippen molar-refractivity contribution in [1.29, 1.82) is 0 Å². The summed E-state index contributed by atoms with van der Waals surface area (Å²) < 4.78 is 5.10. The van der Waals surface area contributed by atoms with Gasteiger partial charge in [0.2, 0.25) is 11.8 Å². The quantitative estimate of drug-likeness (QED) is 0.687. The summed E-state index contributed by atoms with van der Waals surface area (Å²) in [6.45, 7) is 4.14. The standard InChI is InChI=1S/C22H28N4O4/c1-2-30-22(29)18-15-19(26(23-18)17-9-4-3-5-10-17)21(28)25-13-11-24(12-14-25)20(27)16-7-6-8-16/h3-5,9-10,16,19H,2,6-8,11-15H2,1H3. The second-order valence-corrected chi connectivity index (χ2v) is 7.95. The Balaban J connectivity index is 1.44. The highest BCUT2D eigenvalue weighted by atomic mass is 16.5. The predicted molar refractivity (Wildman–Crippen MR) is 112 cm³/mol. The Morgan fingerprint density at radius 1 is 1.00 bits per heavy atom. The van der Waals surface area contributed by atoms with Crippen LogP contribution in [-0.2, 0) is 19.1 Å². The summed E-state index contributed by atoms with van der Waals surface area (Å²) in [7, 11) is 0. The Hall–Kier alpha value is -2.90. The van der Waals surface area contributed by atoms with Gasteiger partial charge in [0, 0.05) is 38.5 Å². The zero-order chi connectivity index (χ0) is 21.1. The van der Waals surface area contributed by atoms with E-state index in [1.54, 1.807) is 16.8 Å². The van der Waals surface area contributed by atoms with Crippen molar-refractivity contribution >= 4 is 29.2 Å². The molecule has 0 bridgehead atoms. The molecular weight excluding hydrogens is 384 g/mol. The van der Waals surface area contributed by atoms with Gasteiger partial charge in [-0.25, -0.2) is 4.79 Å². The van der Waals surface area contributed by atoms with E-state index < -0.39 is 12.0 Å². The zero-order valence-corrected chi connectivity index (χ0v) is 17.3. The number of piperazine rings is 1. The molecule has 1 saturated heterocycles. The number of benzene rings is 1. The number of hydrazone groups is 1. The van der Waals surface area contributed by atoms with Gasteiger partial charge in [0.15, 0.2) is 0 Å². The van der Waals surface area contributed by atoms with Gasteiger partial charge in [-0.1, -0.05) is 24.6 Å². The van der Waals surface area contributed by atoms with Crippen molar-refractivity contribution in [1.82, 2.24) is 9.80 Å². The number of nitrogens with zero attached hydrogens (tertiary/aromatic N) is 4. The molecule has 8 heteroatoms. The van der Waals surface area contributed by atoms with Crippen LogP contribution in [0.4, 0.5) is 5.69 Å². The van der Waals surface area contributed by atoms with Crippen molar-refractivity contribution in [2.24, 2.45) is 11.0 Å². The predicted octanol–water partition coefficient (Wildman–Crippen LogP) is 1.66. The molecule has 2 amide bonds. The van der Waals surface area contributed by atoms with Crippen molar-refractivity contribution in [2.75, 3.05) is 37.8 Å². The summed E-state index contributed by atoms with van der Waals surface area (Å²) in [4.78, 5) is 41.7. The third-order valence-corrected chi connectivity index (χ3v) is 6.08. The molecule has 2 fully saturated rings. The molecule has 1 unspecified atom stereocenters. The molecular formula is C22H28N4O4. The van der Waals surface area contributed by atoms with Gasteiger partial charge in [-0.05, 0) is 31.9 Å². The van der Waals surface area contributed by atoms with E-state index in [0.717, 1.165) is 24.9 Å². The lowest BCUT2D eigenvalue weighted by Crippen LogP contribution is -2.55. The molecule has 0 spiro atoms. The second kappa shape index (κ2) is 8.85. The maximum Gasteiger partial charge on any atom is 0.354 e. The average Bonchev–Trinajstić information content (AvgIpc) is 3.18. The van der Waals surface area contributed by atoms with E-state index in [4.69, 9.17) is 4.74 Å². The van der Waals surface area contributed by atoms with Gasteiger partial charge >= 0.3 is 5.97 Å². The summed E-state index contributed by atoms with van der Waals surface area (Å²) in [5.74, 6) is -0.147. The molecule has 1 atom stereocenters. The Kier molecular flexibility index (Phi) is 6.01. The van der Waals surface area contributed by atoms with Gasteiger partial charge in [0.05, 0.1) is 12.3 Å². The maximum absolute atomic E-state index is 13.3. The van der Waals surface area contributed by atoms with E-state index in [0.29, 0.717) is 26.2 Å². The summed E-state index contributed by atoms with van der Waals surface area (Å²) >= 11 is 0. The number of para-hydroxylation sites is 1. The minimum atomic E-state index is -0.583. The topological polar surface area (TPSA) is 82.5 Å². The fourth-order valence-electron chi connectivity index (χ4n) is 4.13. The molecule has 0 N–H and O–H groups in total. The third kappa shape index (κ3) is 4.04. The summed E-state index contributed by atoms with van der Waals surface area (Å²) in [5, 5.41) is 6.05. The number of anilines is 1. The Morgan fingerprint density at radius 2 is 1.63 bits per heavy atom. The second-order valence-electron chi connectivity index (χ2n) is 7.95. The van der Waals surface area contributed by atoms with E-state index in [9.17, 15) is 14.4 Å². The number of hydrogen-bond acceptors (Lipinski definition) is 6. The molecule has 3 aliphatic rings. The molecule has 1 aliphatic carbocycles. The van der Waals surface area contributed by atoms with Crippen LogP contribution in [0.2, 0.25) is 0 Å². The highest BCUT2D eigenvalue weighted by Gasteiger charge is 2.40. The highest BCUT2D eigenvalue weighted by molar-refractivity contribution is 6.38. The molecule has 0 aromatic heterocycles. The first kappa shape index (κ1) is 20.4. The van der Waals surface area contributed by atoms with Crippen LogP contribution in [0.5, 0.6) is 0 Å². The fraction of sp³-hybridized carbons (Fsp3) is 0.545. The molecule has 4 rings (SSSR count). The normalized spacial score (nSPS) is 21.8. The van der Waals surface area contributed by atoms with Crippen LogP contribution in [0.25, 0.3) is 0 Å². The molecule has 8 nitrogen and oxygen atoms in total. The van der Waals surface area contributed by atoms with E-state index >= 15 is 0 Å². The zero-order valence-electron chi connectivity index (χ0n) is 17.3. The van der Waals surface area contributed by atoms with Crippen LogP contribution in [0.1, 0.15) is 32.6 Å². The number of hydrogen-bond donors (Lipinski definition) is 0. The number of carbonyl (C=O) groups excluding carboxylic acids is 3. The Bertz CT molecular complexity index is 829. The largest absolute Gasteiger partial charge is 0.461 e. The van der Waals surface area contributed by atoms with Gasteiger partial charge < -0.3 is 14.5 Å². The van der Waals surface area contributed by atoms with E-state index in [-0.39, 0.29) is 36.5 Å². The first-order valence-corrected chi connectivity index (χ1v) is 10.7. The highest BCUT2D eigenvalue weighted by Crippen LogP contribution is 2.29. The lowest BCUT2D eigenvalue weighted by Gasteiger charge is -2.39. The number of amides is 2. The van der Waals surface area contributed by atoms with Gasteiger partial charge in [-0.3, -0.25) is 14.6 Å². The number of carbonyl (C=O) groups is 3. The molecule has 2 heterocycles. The maximum atomic E-state index is 13.3. The van der Waals surface area contributed by atoms with E-state index in [1.807, 2.05) is 35.2 Å². The van der Waals surface area contributed by atoms with Crippen molar-refractivity contribution in [3.63, 3.8) is 0 Å². The summed E-state index contributed by atoms with van der Waals surface area (Å²) in [5.41, 5.74) is 1.02. The van der Waals surface area contributed by atoms with Gasteiger partial charge in [0.1, 0.15) is 11.8 Å². The third-order valence-electron chi connectivity index (χ3n) is 6.08. The van der Waals surface area contributed by atoms with Crippen molar-refractivity contribution in [3.8, 4) is 0 Å². The van der Waals surface area contributed by atoms with Crippen LogP contribution in [-0.4, -0.2) is 72.1 Å².